The Morgan fingerprint density at radius 2 is 2.26 bits per heavy atom. The first kappa shape index (κ1) is 14.5. The van der Waals surface area contributed by atoms with Gasteiger partial charge in [-0.1, -0.05) is 18.9 Å². The average molecular weight is 262 g/mol. The fourth-order valence-corrected chi connectivity index (χ4v) is 3.00. The third kappa shape index (κ3) is 4.92. The van der Waals surface area contributed by atoms with Crippen LogP contribution in [0.4, 0.5) is 0 Å². The van der Waals surface area contributed by atoms with Gasteiger partial charge in [0.2, 0.25) is 0 Å². The summed E-state index contributed by atoms with van der Waals surface area (Å²) in [5.41, 5.74) is 1.17. The Kier molecular flexibility index (Phi) is 5.80. The molecule has 0 amide bonds. The fourth-order valence-electron chi connectivity index (χ4n) is 3.00. The van der Waals surface area contributed by atoms with Gasteiger partial charge in [0.15, 0.2) is 0 Å². The number of aromatic nitrogens is 1. The number of nitrogens with zero attached hydrogens (tertiary/aromatic N) is 2. The molecule has 0 bridgehead atoms. The van der Waals surface area contributed by atoms with E-state index in [0.717, 1.165) is 19.4 Å². The molecule has 0 aromatic carbocycles. The van der Waals surface area contributed by atoms with Crippen LogP contribution in [0.5, 0.6) is 0 Å². The van der Waals surface area contributed by atoms with Crippen molar-refractivity contribution < 1.29 is 5.11 Å². The molecule has 1 aromatic rings. The molecule has 0 radical (unpaired) electrons. The molecule has 2 heterocycles. The van der Waals surface area contributed by atoms with Crippen LogP contribution in [-0.2, 0) is 6.42 Å². The molecule has 1 aliphatic heterocycles. The Bertz CT molecular complexity index is 353. The molecular weight excluding hydrogens is 236 g/mol. The molecule has 2 rings (SSSR count). The summed E-state index contributed by atoms with van der Waals surface area (Å²) in [5.74, 6) is 0. The number of rotatable bonds is 5. The van der Waals surface area contributed by atoms with Crippen molar-refractivity contribution in [1.82, 2.24) is 9.88 Å². The Labute approximate surface area is 116 Å². The number of likely N-dealkylation sites (tertiary alicyclic amines) is 1. The Morgan fingerprint density at radius 3 is 3.00 bits per heavy atom. The summed E-state index contributed by atoms with van der Waals surface area (Å²) in [4.78, 5) is 6.96. The van der Waals surface area contributed by atoms with Gasteiger partial charge in [-0.2, -0.15) is 0 Å². The molecule has 0 saturated carbocycles. The Morgan fingerprint density at radius 1 is 1.37 bits per heavy atom. The van der Waals surface area contributed by atoms with E-state index in [0.29, 0.717) is 6.04 Å². The van der Waals surface area contributed by atoms with E-state index in [2.05, 4.69) is 22.0 Å². The zero-order chi connectivity index (χ0) is 13.5. The molecule has 2 atom stereocenters. The minimum Gasteiger partial charge on any atom is -0.393 e. The largest absolute Gasteiger partial charge is 0.393 e. The number of hydrogen-bond donors (Lipinski definition) is 1. The normalized spacial score (nSPS) is 22.9. The summed E-state index contributed by atoms with van der Waals surface area (Å²) < 4.78 is 0. The third-order valence-electron chi connectivity index (χ3n) is 3.99. The summed E-state index contributed by atoms with van der Waals surface area (Å²) in [7, 11) is 0. The summed E-state index contributed by atoms with van der Waals surface area (Å²) >= 11 is 0. The maximum absolute atomic E-state index is 9.66. The lowest BCUT2D eigenvalue weighted by molar-refractivity contribution is 0.113. The summed E-state index contributed by atoms with van der Waals surface area (Å²) in [6.07, 6.45) is 8.74. The molecule has 106 valence electrons. The van der Waals surface area contributed by atoms with Crippen LogP contribution in [-0.4, -0.2) is 40.2 Å². The second-order valence-electron chi connectivity index (χ2n) is 5.69. The maximum Gasteiger partial charge on any atom is 0.0527 e. The predicted octanol–water partition coefficient (Wildman–Crippen LogP) is 2.64. The highest BCUT2D eigenvalue weighted by atomic mass is 16.3. The van der Waals surface area contributed by atoms with Crippen LogP contribution in [0.25, 0.3) is 0 Å². The highest BCUT2D eigenvalue weighted by molar-refractivity contribution is 5.03. The molecule has 0 spiro atoms. The highest BCUT2D eigenvalue weighted by Gasteiger charge is 2.21. The Balaban J connectivity index is 1.90. The van der Waals surface area contributed by atoms with Gasteiger partial charge in [-0.3, -0.25) is 9.88 Å². The van der Waals surface area contributed by atoms with Crippen molar-refractivity contribution in [3.8, 4) is 0 Å². The summed E-state index contributed by atoms with van der Waals surface area (Å²) in [6, 6.07) is 6.66. The fraction of sp³-hybridized carbons (Fsp3) is 0.688. The molecule has 1 aromatic heterocycles. The standard InChI is InChI=1S/C16H26N2O/c1-14(19)13-16-8-3-2-6-11-18(16)12-9-15-7-4-5-10-17-15/h4-5,7,10,14,16,19H,2-3,6,8-9,11-13H2,1H3. The first-order valence-electron chi connectivity index (χ1n) is 7.57. The van der Waals surface area contributed by atoms with Crippen molar-refractivity contribution >= 4 is 0 Å². The van der Waals surface area contributed by atoms with Crippen molar-refractivity contribution in [1.29, 1.82) is 0 Å². The van der Waals surface area contributed by atoms with Crippen LogP contribution in [0.2, 0.25) is 0 Å². The topological polar surface area (TPSA) is 36.4 Å². The van der Waals surface area contributed by atoms with Gasteiger partial charge in [-0.15, -0.1) is 0 Å². The SMILES string of the molecule is CC(O)CC1CCCCCN1CCc1ccccn1. The molecule has 1 N–H and O–H groups in total. The van der Waals surface area contributed by atoms with Crippen LogP contribution < -0.4 is 0 Å². The van der Waals surface area contributed by atoms with Crippen molar-refractivity contribution in [2.75, 3.05) is 13.1 Å². The molecule has 2 unspecified atom stereocenters. The van der Waals surface area contributed by atoms with Gasteiger partial charge in [-0.25, -0.2) is 0 Å². The van der Waals surface area contributed by atoms with E-state index in [1.165, 1.54) is 37.9 Å². The number of aliphatic hydroxyl groups excluding tert-OH is 1. The predicted molar refractivity (Wildman–Crippen MR) is 78.1 cm³/mol. The van der Waals surface area contributed by atoms with E-state index in [1.807, 2.05) is 19.2 Å². The van der Waals surface area contributed by atoms with Crippen molar-refractivity contribution in [2.24, 2.45) is 0 Å². The second-order valence-corrected chi connectivity index (χ2v) is 5.69. The van der Waals surface area contributed by atoms with Gasteiger partial charge in [0.1, 0.15) is 0 Å². The van der Waals surface area contributed by atoms with Gasteiger partial charge in [0.05, 0.1) is 6.10 Å². The van der Waals surface area contributed by atoms with Crippen LogP contribution in [0.15, 0.2) is 24.4 Å². The van der Waals surface area contributed by atoms with Gasteiger partial charge >= 0.3 is 0 Å². The lowest BCUT2D eigenvalue weighted by Gasteiger charge is -2.30. The van der Waals surface area contributed by atoms with E-state index in [4.69, 9.17) is 0 Å². The quantitative estimate of drug-likeness (QED) is 0.886. The van der Waals surface area contributed by atoms with Gasteiger partial charge in [-0.05, 0) is 44.9 Å². The van der Waals surface area contributed by atoms with Crippen molar-refractivity contribution in [3.63, 3.8) is 0 Å². The molecular formula is C16H26N2O. The minimum atomic E-state index is -0.194. The van der Waals surface area contributed by atoms with E-state index in [9.17, 15) is 5.11 Å². The average Bonchev–Trinajstić information content (AvgIpc) is 2.62. The maximum atomic E-state index is 9.66. The first-order valence-corrected chi connectivity index (χ1v) is 7.57. The van der Waals surface area contributed by atoms with E-state index < -0.39 is 0 Å². The molecule has 1 fully saturated rings. The van der Waals surface area contributed by atoms with Gasteiger partial charge < -0.3 is 5.11 Å². The van der Waals surface area contributed by atoms with E-state index in [-0.39, 0.29) is 6.10 Å². The highest BCUT2D eigenvalue weighted by Crippen LogP contribution is 2.20. The number of pyridine rings is 1. The third-order valence-corrected chi connectivity index (χ3v) is 3.99. The van der Waals surface area contributed by atoms with Crippen molar-refractivity contribution in [3.05, 3.63) is 30.1 Å². The van der Waals surface area contributed by atoms with Gasteiger partial charge in [0.25, 0.3) is 0 Å². The zero-order valence-electron chi connectivity index (χ0n) is 12.0. The summed E-state index contributed by atoms with van der Waals surface area (Å²) in [6.45, 7) is 4.14. The minimum absolute atomic E-state index is 0.194. The lowest BCUT2D eigenvalue weighted by Crippen LogP contribution is -2.38. The molecule has 1 aliphatic rings. The van der Waals surface area contributed by atoms with Crippen LogP contribution in [0, 0.1) is 0 Å². The lowest BCUT2D eigenvalue weighted by atomic mass is 10.0. The molecule has 3 nitrogen and oxygen atoms in total. The molecule has 3 heteroatoms. The van der Waals surface area contributed by atoms with Crippen LogP contribution >= 0.6 is 0 Å². The van der Waals surface area contributed by atoms with E-state index in [1.54, 1.807) is 0 Å². The second kappa shape index (κ2) is 7.61. The first-order chi connectivity index (χ1) is 9.25. The zero-order valence-corrected chi connectivity index (χ0v) is 12.0. The number of aliphatic hydroxyl groups is 1. The molecule has 0 aliphatic carbocycles. The van der Waals surface area contributed by atoms with E-state index >= 15 is 0 Å². The smallest absolute Gasteiger partial charge is 0.0527 e. The molecule has 19 heavy (non-hydrogen) atoms. The molecule has 1 saturated heterocycles. The number of hydrogen-bond acceptors (Lipinski definition) is 3. The monoisotopic (exact) mass is 262 g/mol. The van der Waals surface area contributed by atoms with Crippen LogP contribution in [0.3, 0.4) is 0 Å². The summed E-state index contributed by atoms with van der Waals surface area (Å²) in [5, 5.41) is 9.66. The van der Waals surface area contributed by atoms with Crippen LogP contribution in [0.1, 0.15) is 44.7 Å². The van der Waals surface area contributed by atoms with Gasteiger partial charge in [0, 0.05) is 30.9 Å². The van der Waals surface area contributed by atoms with Crippen molar-refractivity contribution in [2.45, 2.75) is 57.6 Å². The Hall–Kier alpha value is -0.930.